The minimum Gasteiger partial charge on any atom is -0.396 e. The van der Waals surface area contributed by atoms with E-state index in [1.165, 1.54) is 6.92 Å². The Morgan fingerprint density at radius 1 is 1.31 bits per heavy atom. The van der Waals surface area contributed by atoms with Crippen LogP contribution in [0.15, 0.2) is 11.1 Å². The zero-order chi connectivity index (χ0) is 10.4. The zero-order valence-electron chi connectivity index (χ0n) is 7.53. The van der Waals surface area contributed by atoms with Gasteiger partial charge in [0.05, 0.1) is 19.8 Å². The Hall–Kier alpha value is -0.910. The van der Waals surface area contributed by atoms with Crippen molar-refractivity contribution in [3.8, 4) is 0 Å². The number of amides is 1. The molecule has 0 atom stereocenters. The number of aliphatic hydroxyl groups is 3. The van der Waals surface area contributed by atoms with Crippen LogP contribution in [0.1, 0.15) is 6.92 Å². The summed E-state index contributed by atoms with van der Waals surface area (Å²) in [4.78, 5) is 10.9. The van der Waals surface area contributed by atoms with Crippen LogP contribution < -0.4 is 5.73 Å². The van der Waals surface area contributed by atoms with Gasteiger partial charge in [0.1, 0.15) is 0 Å². The average Bonchev–Trinajstić information content (AvgIpc) is 2.12. The topological polar surface area (TPSA) is 104 Å². The standard InChI is InChI=1S/C8H15NO4/c1-5(2-10)7(8(9)13)6(3-11)4-12/h6,10-12H,2-4H2,1H3,(H2,9,13). The summed E-state index contributed by atoms with van der Waals surface area (Å²) in [6, 6.07) is 0. The van der Waals surface area contributed by atoms with Crippen LogP contribution in [0.5, 0.6) is 0 Å². The minimum atomic E-state index is -0.723. The fourth-order valence-electron chi connectivity index (χ4n) is 1.09. The number of hydrogen-bond acceptors (Lipinski definition) is 4. The molecule has 0 aliphatic carbocycles. The van der Waals surface area contributed by atoms with Gasteiger partial charge in [-0.25, -0.2) is 0 Å². The number of nitrogens with two attached hydrogens (primary N) is 1. The van der Waals surface area contributed by atoms with Crippen LogP contribution in [0, 0.1) is 5.92 Å². The molecule has 0 aliphatic heterocycles. The zero-order valence-corrected chi connectivity index (χ0v) is 7.53. The summed E-state index contributed by atoms with van der Waals surface area (Å²) >= 11 is 0. The van der Waals surface area contributed by atoms with Crippen molar-refractivity contribution in [1.29, 1.82) is 0 Å². The highest BCUT2D eigenvalue weighted by Gasteiger charge is 2.19. The molecule has 5 heteroatoms. The van der Waals surface area contributed by atoms with Crippen LogP contribution in [-0.4, -0.2) is 41.0 Å². The summed E-state index contributed by atoms with van der Waals surface area (Å²) in [5.74, 6) is -1.43. The second-order valence-corrected chi connectivity index (χ2v) is 2.78. The highest BCUT2D eigenvalue weighted by Crippen LogP contribution is 2.14. The molecule has 0 bridgehead atoms. The number of hydrogen-bond donors (Lipinski definition) is 4. The minimum absolute atomic E-state index is 0.104. The normalized spacial score (nSPS) is 13.0. The Kier molecular flexibility index (Phi) is 5.29. The molecule has 0 radical (unpaired) electrons. The Morgan fingerprint density at radius 3 is 2.00 bits per heavy atom. The number of carbonyl (C=O) groups is 1. The lowest BCUT2D eigenvalue weighted by molar-refractivity contribution is -0.115. The van der Waals surface area contributed by atoms with Gasteiger partial charge >= 0.3 is 0 Å². The number of aliphatic hydroxyl groups excluding tert-OH is 3. The lowest BCUT2D eigenvalue weighted by Gasteiger charge is -2.15. The van der Waals surface area contributed by atoms with Crippen LogP contribution in [0.4, 0.5) is 0 Å². The molecule has 0 saturated carbocycles. The summed E-state index contributed by atoms with van der Waals surface area (Å²) in [5.41, 5.74) is 5.51. The predicted molar refractivity (Wildman–Crippen MR) is 46.6 cm³/mol. The van der Waals surface area contributed by atoms with E-state index >= 15 is 0 Å². The Bertz CT molecular complexity index is 208. The molecular formula is C8H15NO4. The third-order valence-electron chi connectivity index (χ3n) is 1.81. The monoisotopic (exact) mass is 189 g/mol. The van der Waals surface area contributed by atoms with Crippen LogP contribution in [0.2, 0.25) is 0 Å². The smallest absolute Gasteiger partial charge is 0.245 e. The first-order valence-corrected chi connectivity index (χ1v) is 3.90. The summed E-state index contributed by atoms with van der Waals surface area (Å²) < 4.78 is 0. The molecule has 76 valence electrons. The van der Waals surface area contributed by atoms with Gasteiger partial charge in [0, 0.05) is 11.5 Å². The SMILES string of the molecule is CC(CO)=C(C(N)=O)C(CO)CO. The Labute approximate surface area is 76.5 Å². The molecule has 13 heavy (non-hydrogen) atoms. The summed E-state index contributed by atoms with van der Waals surface area (Å²) in [6.45, 7) is 0.478. The van der Waals surface area contributed by atoms with Crippen molar-refractivity contribution >= 4 is 5.91 Å². The van der Waals surface area contributed by atoms with Gasteiger partial charge in [0.25, 0.3) is 0 Å². The van der Waals surface area contributed by atoms with E-state index in [9.17, 15) is 4.79 Å². The van der Waals surface area contributed by atoms with Crippen molar-refractivity contribution in [2.24, 2.45) is 11.7 Å². The molecule has 0 aromatic carbocycles. The van der Waals surface area contributed by atoms with Gasteiger partial charge < -0.3 is 21.1 Å². The van der Waals surface area contributed by atoms with Crippen LogP contribution in [0.3, 0.4) is 0 Å². The molecule has 1 amide bonds. The Balaban J connectivity index is 4.89. The number of primary amides is 1. The van der Waals surface area contributed by atoms with Crippen molar-refractivity contribution in [2.45, 2.75) is 6.92 Å². The summed E-state index contributed by atoms with van der Waals surface area (Å²) in [7, 11) is 0. The first-order chi connectivity index (χ1) is 6.08. The maximum absolute atomic E-state index is 10.9. The summed E-state index contributed by atoms with van der Waals surface area (Å²) in [6.07, 6.45) is 0. The van der Waals surface area contributed by atoms with E-state index < -0.39 is 11.8 Å². The average molecular weight is 189 g/mol. The summed E-state index contributed by atoms with van der Waals surface area (Å²) in [5, 5.41) is 26.4. The fraction of sp³-hybridized carbons (Fsp3) is 0.625. The quantitative estimate of drug-likeness (QED) is 0.390. The maximum atomic E-state index is 10.9. The maximum Gasteiger partial charge on any atom is 0.245 e. The lowest BCUT2D eigenvalue weighted by atomic mass is 9.95. The highest BCUT2D eigenvalue weighted by atomic mass is 16.3. The number of rotatable bonds is 5. The van der Waals surface area contributed by atoms with Crippen molar-refractivity contribution in [2.75, 3.05) is 19.8 Å². The first kappa shape index (κ1) is 12.1. The van der Waals surface area contributed by atoms with Gasteiger partial charge in [0.2, 0.25) is 5.91 Å². The second kappa shape index (κ2) is 5.69. The van der Waals surface area contributed by atoms with Gasteiger partial charge in [-0.3, -0.25) is 4.79 Å². The van der Waals surface area contributed by atoms with Gasteiger partial charge in [-0.1, -0.05) is 0 Å². The lowest BCUT2D eigenvalue weighted by Crippen LogP contribution is -2.27. The van der Waals surface area contributed by atoms with E-state index in [1.807, 2.05) is 0 Å². The third kappa shape index (κ3) is 3.14. The molecule has 0 rings (SSSR count). The van der Waals surface area contributed by atoms with E-state index in [0.717, 1.165) is 0 Å². The molecule has 0 fully saturated rings. The molecule has 0 spiro atoms. The number of carbonyl (C=O) groups excluding carboxylic acids is 1. The van der Waals surface area contributed by atoms with E-state index in [-0.39, 0.29) is 25.4 Å². The molecule has 0 unspecified atom stereocenters. The molecular weight excluding hydrogens is 174 g/mol. The van der Waals surface area contributed by atoms with Crippen LogP contribution in [-0.2, 0) is 4.79 Å². The molecule has 5 N–H and O–H groups in total. The van der Waals surface area contributed by atoms with Crippen molar-refractivity contribution in [3.05, 3.63) is 11.1 Å². The van der Waals surface area contributed by atoms with Gasteiger partial charge in [0.15, 0.2) is 0 Å². The van der Waals surface area contributed by atoms with Gasteiger partial charge in [-0.05, 0) is 12.5 Å². The van der Waals surface area contributed by atoms with E-state index in [2.05, 4.69) is 0 Å². The van der Waals surface area contributed by atoms with Gasteiger partial charge in [-0.15, -0.1) is 0 Å². The Morgan fingerprint density at radius 2 is 1.77 bits per heavy atom. The first-order valence-electron chi connectivity index (χ1n) is 3.90. The largest absolute Gasteiger partial charge is 0.396 e. The van der Waals surface area contributed by atoms with Crippen molar-refractivity contribution < 1.29 is 20.1 Å². The van der Waals surface area contributed by atoms with Crippen molar-refractivity contribution in [3.63, 3.8) is 0 Å². The van der Waals surface area contributed by atoms with Crippen LogP contribution in [0.25, 0.3) is 0 Å². The van der Waals surface area contributed by atoms with E-state index in [0.29, 0.717) is 5.57 Å². The second-order valence-electron chi connectivity index (χ2n) is 2.78. The molecule has 5 nitrogen and oxygen atoms in total. The molecule has 0 aliphatic rings. The molecule has 0 aromatic rings. The van der Waals surface area contributed by atoms with Crippen molar-refractivity contribution in [1.82, 2.24) is 0 Å². The van der Waals surface area contributed by atoms with E-state index in [1.54, 1.807) is 0 Å². The molecule has 0 heterocycles. The predicted octanol–water partition coefficient (Wildman–Crippen LogP) is -1.62. The molecule has 0 saturated heterocycles. The fourth-order valence-corrected chi connectivity index (χ4v) is 1.09. The molecule has 0 aromatic heterocycles. The van der Waals surface area contributed by atoms with Crippen LogP contribution >= 0.6 is 0 Å². The van der Waals surface area contributed by atoms with Gasteiger partial charge in [-0.2, -0.15) is 0 Å². The third-order valence-corrected chi connectivity index (χ3v) is 1.81. The van der Waals surface area contributed by atoms with E-state index in [4.69, 9.17) is 21.1 Å². The highest BCUT2D eigenvalue weighted by molar-refractivity contribution is 5.93.